The second kappa shape index (κ2) is 11.1. The molecule has 1 aromatic carbocycles. The van der Waals surface area contributed by atoms with Gasteiger partial charge in [0.1, 0.15) is 5.01 Å². The van der Waals surface area contributed by atoms with Crippen molar-refractivity contribution in [2.75, 3.05) is 45.3 Å². The molecule has 1 fully saturated rings. The Labute approximate surface area is 207 Å². The normalized spacial score (nSPS) is 14.4. The fourth-order valence-electron chi connectivity index (χ4n) is 3.77. The molecular formula is C24H27N5O5S. The average Bonchev–Trinajstić information content (AvgIpc) is 3.36. The molecule has 1 unspecified atom stereocenters. The molecule has 4 rings (SSSR count). The van der Waals surface area contributed by atoms with Gasteiger partial charge in [-0.1, -0.05) is 0 Å². The summed E-state index contributed by atoms with van der Waals surface area (Å²) in [5, 5.41) is 2.56. The van der Waals surface area contributed by atoms with Gasteiger partial charge in [0.2, 0.25) is 5.95 Å². The molecule has 3 aromatic rings. The van der Waals surface area contributed by atoms with E-state index in [1.807, 2.05) is 28.5 Å². The Morgan fingerprint density at radius 1 is 1.06 bits per heavy atom. The van der Waals surface area contributed by atoms with E-state index in [1.54, 1.807) is 44.5 Å². The Bertz CT molecular complexity index is 1160. The minimum Gasteiger partial charge on any atom is -0.493 e. The summed E-state index contributed by atoms with van der Waals surface area (Å²) >= 11 is 1.42. The van der Waals surface area contributed by atoms with E-state index in [4.69, 9.17) is 14.2 Å². The van der Waals surface area contributed by atoms with Crippen LogP contribution in [0.3, 0.4) is 0 Å². The highest BCUT2D eigenvalue weighted by Gasteiger charge is 2.28. The quantitative estimate of drug-likeness (QED) is 0.434. The Morgan fingerprint density at radius 3 is 2.46 bits per heavy atom. The number of nitrogens with zero attached hydrogens (tertiary/aromatic N) is 5. The Balaban J connectivity index is 1.29. The van der Waals surface area contributed by atoms with E-state index in [9.17, 15) is 9.59 Å². The van der Waals surface area contributed by atoms with Crippen LogP contribution in [0.5, 0.6) is 11.5 Å². The van der Waals surface area contributed by atoms with Gasteiger partial charge in [-0.2, -0.15) is 0 Å². The van der Waals surface area contributed by atoms with Crippen LogP contribution in [-0.4, -0.2) is 78.2 Å². The van der Waals surface area contributed by atoms with E-state index in [-0.39, 0.29) is 12.3 Å². The van der Waals surface area contributed by atoms with Gasteiger partial charge in [0.15, 0.2) is 17.6 Å². The summed E-state index contributed by atoms with van der Waals surface area (Å²) in [4.78, 5) is 42.0. The number of anilines is 1. The molecule has 1 saturated heterocycles. The number of rotatable bonds is 8. The lowest BCUT2D eigenvalue weighted by atomic mass is 10.2. The van der Waals surface area contributed by atoms with E-state index < -0.39 is 12.1 Å². The summed E-state index contributed by atoms with van der Waals surface area (Å²) in [5.74, 6) is 1.17. The SMILES string of the molecule is COc1ccc(-c2nc(CC(=O)OC(C)C(=O)N3CCN(c4ncccn4)CC3)cs2)cc1OC. The van der Waals surface area contributed by atoms with Crippen LogP contribution in [0.25, 0.3) is 10.6 Å². The van der Waals surface area contributed by atoms with Gasteiger partial charge in [-0.15, -0.1) is 11.3 Å². The zero-order valence-electron chi connectivity index (χ0n) is 19.8. The molecule has 0 spiro atoms. The fraction of sp³-hybridized carbons (Fsp3) is 0.375. The number of methoxy groups -OCH3 is 2. The van der Waals surface area contributed by atoms with Crippen molar-refractivity contribution in [2.45, 2.75) is 19.4 Å². The van der Waals surface area contributed by atoms with Crippen molar-refractivity contribution in [3.05, 3.63) is 47.7 Å². The number of aromatic nitrogens is 3. The highest BCUT2D eigenvalue weighted by molar-refractivity contribution is 7.13. The van der Waals surface area contributed by atoms with E-state index >= 15 is 0 Å². The maximum absolute atomic E-state index is 12.8. The van der Waals surface area contributed by atoms with Crippen LogP contribution in [-0.2, 0) is 20.7 Å². The van der Waals surface area contributed by atoms with Crippen LogP contribution >= 0.6 is 11.3 Å². The molecule has 10 nitrogen and oxygen atoms in total. The van der Waals surface area contributed by atoms with Crippen LogP contribution in [0, 0.1) is 0 Å². The van der Waals surface area contributed by atoms with Gasteiger partial charge in [-0.3, -0.25) is 9.59 Å². The van der Waals surface area contributed by atoms with Crippen LogP contribution in [0.15, 0.2) is 42.0 Å². The summed E-state index contributed by atoms with van der Waals surface area (Å²) in [5.41, 5.74) is 1.44. The number of benzene rings is 1. The molecule has 35 heavy (non-hydrogen) atoms. The minimum atomic E-state index is -0.869. The predicted octanol–water partition coefficient (Wildman–Crippen LogP) is 2.44. The van der Waals surface area contributed by atoms with E-state index in [1.165, 1.54) is 11.3 Å². The third-order valence-electron chi connectivity index (χ3n) is 5.59. The molecule has 0 bridgehead atoms. The average molecular weight is 498 g/mol. The smallest absolute Gasteiger partial charge is 0.312 e. The predicted molar refractivity (Wildman–Crippen MR) is 131 cm³/mol. The molecule has 11 heteroatoms. The molecule has 0 N–H and O–H groups in total. The van der Waals surface area contributed by atoms with Crippen molar-refractivity contribution < 1.29 is 23.8 Å². The maximum atomic E-state index is 12.8. The minimum absolute atomic E-state index is 0.0134. The monoisotopic (exact) mass is 497 g/mol. The van der Waals surface area contributed by atoms with Gasteiger partial charge in [0, 0.05) is 49.5 Å². The summed E-state index contributed by atoms with van der Waals surface area (Å²) in [6.45, 7) is 3.87. The largest absolute Gasteiger partial charge is 0.493 e. The first kappa shape index (κ1) is 24.4. The number of carbonyl (C=O) groups excluding carboxylic acids is 2. The number of carbonyl (C=O) groups is 2. The Kier molecular flexibility index (Phi) is 7.76. The zero-order chi connectivity index (χ0) is 24.8. The molecule has 2 aromatic heterocycles. The van der Waals surface area contributed by atoms with Gasteiger partial charge < -0.3 is 24.0 Å². The molecule has 184 valence electrons. The first-order chi connectivity index (χ1) is 17.0. The van der Waals surface area contributed by atoms with Crippen molar-refractivity contribution in [1.82, 2.24) is 19.9 Å². The van der Waals surface area contributed by atoms with Crippen LogP contribution in [0.4, 0.5) is 5.95 Å². The molecule has 1 aliphatic heterocycles. The van der Waals surface area contributed by atoms with Crippen molar-refractivity contribution >= 4 is 29.2 Å². The van der Waals surface area contributed by atoms with E-state index in [0.717, 1.165) is 10.6 Å². The molecule has 1 aliphatic rings. The van der Waals surface area contributed by atoms with Gasteiger partial charge in [-0.25, -0.2) is 15.0 Å². The third-order valence-corrected chi connectivity index (χ3v) is 6.53. The molecule has 0 aliphatic carbocycles. The lowest BCUT2D eigenvalue weighted by Crippen LogP contribution is -2.52. The number of amides is 1. The van der Waals surface area contributed by atoms with Crippen LogP contribution in [0.1, 0.15) is 12.6 Å². The Hall–Kier alpha value is -3.73. The van der Waals surface area contributed by atoms with Crippen LogP contribution in [0.2, 0.25) is 0 Å². The lowest BCUT2D eigenvalue weighted by molar-refractivity contribution is -0.158. The molecular weight excluding hydrogens is 470 g/mol. The van der Waals surface area contributed by atoms with Crippen LogP contribution < -0.4 is 14.4 Å². The number of hydrogen-bond acceptors (Lipinski definition) is 10. The highest BCUT2D eigenvalue weighted by atomic mass is 32.1. The van der Waals surface area contributed by atoms with E-state index in [0.29, 0.717) is 49.3 Å². The van der Waals surface area contributed by atoms with Gasteiger partial charge >= 0.3 is 5.97 Å². The van der Waals surface area contributed by atoms with Crippen molar-refractivity contribution in [2.24, 2.45) is 0 Å². The number of ether oxygens (including phenoxy) is 3. The highest BCUT2D eigenvalue weighted by Crippen LogP contribution is 2.33. The molecule has 1 amide bonds. The second-order valence-corrected chi connectivity index (χ2v) is 8.74. The van der Waals surface area contributed by atoms with E-state index in [2.05, 4.69) is 15.0 Å². The van der Waals surface area contributed by atoms with Gasteiger partial charge in [0.25, 0.3) is 5.91 Å². The molecule has 0 saturated carbocycles. The lowest BCUT2D eigenvalue weighted by Gasteiger charge is -2.35. The van der Waals surface area contributed by atoms with Gasteiger partial charge in [-0.05, 0) is 31.2 Å². The summed E-state index contributed by atoms with van der Waals surface area (Å²) in [6, 6.07) is 7.29. The molecule has 1 atom stereocenters. The topological polar surface area (TPSA) is 107 Å². The number of hydrogen-bond donors (Lipinski definition) is 0. The summed E-state index contributed by atoms with van der Waals surface area (Å²) in [7, 11) is 3.15. The second-order valence-electron chi connectivity index (χ2n) is 7.88. The standard InChI is InChI=1S/C24H27N5O5S/c1-16(23(31)28-9-11-29(12-10-28)24-25-7-4-8-26-24)34-21(30)14-18-15-35-22(27-18)17-5-6-19(32-2)20(13-17)33-3/h4-8,13,15-16H,9-12,14H2,1-3H3. The summed E-state index contributed by atoms with van der Waals surface area (Å²) in [6.07, 6.45) is 2.51. The van der Waals surface area contributed by atoms with Crippen molar-refractivity contribution in [3.63, 3.8) is 0 Å². The number of thiazole rings is 1. The fourth-order valence-corrected chi connectivity index (χ4v) is 4.58. The first-order valence-electron chi connectivity index (χ1n) is 11.2. The molecule has 0 radical (unpaired) electrons. The first-order valence-corrected chi connectivity index (χ1v) is 12.0. The van der Waals surface area contributed by atoms with Crippen molar-refractivity contribution in [1.29, 1.82) is 0 Å². The Morgan fingerprint density at radius 2 is 1.77 bits per heavy atom. The zero-order valence-corrected chi connectivity index (χ0v) is 20.7. The third kappa shape index (κ3) is 5.86. The van der Waals surface area contributed by atoms with Gasteiger partial charge in [0.05, 0.1) is 26.3 Å². The summed E-state index contributed by atoms with van der Waals surface area (Å²) < 4.78 is 16.0. The molecule has 3 heterocycles. The maximum Gasteiger partial charge on any atom is 0.312 e. The van der Waals surface area contributed by atoms with Crippen molar-refractivity contribution in [3.8, 4) is 22.1 Å². The number of esters is 1. The number of piperazine rings is 1.